The number of hydrogen-bond donors (Lipinski definition) is 3. The van der Waals surface area contributed by atoms with Gasteiger partial charge in [0.25, 0.3) is 5.91 Å². The van der Waals surface area contributed by atoms with Gasteiger partial charge >= 0.3 is 0 Å². The molecule has 0 saturated carbocycles. The molecule has 1 atom stereocenters. The minimum absolute atomic E-state index is 0.138. The van der Waals surface area contributed by atoms with Crippen molar-refractivity contribution < 1.29 is 14.0 Å². The van der Waals surface area contributed by atoms with E-state index in [-0.39, 0.29) is 23.7 Å². The lowest BCUT2D eigenvalue weighted by Crippen LogP contribution is -2.40. The maximum Gasteiger partial charge on any atom is 0.251 e. The number of carbonyl (C=O) groups excluding carboxylic acids is 2. The molecule has 1 aliphatic heterocycles. The predicted molar refractivity (Wildman–Crippen MR) is 123 cm³/mol. The van der Waals surface area contributed by atoms with Gasteiger partial charge in [-0.1, -0.05) is 42.5 Å². The molecular formula is C24H22FN3O2S. The Labute approximate surface area is 184 Å². The zero-order chi connectivity index (χ0) is 21.6. The summed E-state index contributed by atoms with van der Waals surface area (Å²) in [6, 6.07) is 20.9. The fourth-order valence-electron chi connectivity index (χ4n) is 3.26. The van der Waals surface area contributed by atoms with Gasteiger partial charge in [-0.2, -0.15) is 11.8 Å². The molecule has 3 N–H and O–H groups in total. The van der Waals surface area contributed by atoms with Gasteiger partial charge in [-0.25, -0.2) is 4.39 Å². The summed E-state index contributed by atoms with van der Waals surface area (Å²) in [5, 5.41) is 9.02. The minimum Gasteiger partial charge on any atom is -0.371 e. The van der Waals surface area contributed by atoms with E-state index >= 15 is 0 Å². The molecule has 1 aliphatic rings. The van der Waals surface area contributed by atoms with Crippen LogP contribution in [0.4, 0.5) is 15.8 Å². The molecule has 1 heterocycles. The lowest BCUT2D eigenvalue weighted by Gasteiger charge is -2.27. The van der Waals surface area contributed by atoms with Crippen molar-refractivity contribution in [3.63, 3.8) is 0 Å². The molecule has 0 radical (unpaired) electrons. The topological polar surface area (TPSA) is 70.2 Å². The fourth-order valence-corrected chi connectivity index (χ4v) is 4.28. The standard InChI is InChI=1S/C24H22FN3O2S/c25-19-9-6-17(7-10-19)14-31-15-22-24(30)28-21-12-18(8-11-20(21)27-22)23(29)26-13-16-4-2-1-3-5-16/h1-12,22,27H,13-15H2,(H,26,29)(H,28,30). The first kappa shape index (κ1) is 20.9. The molecule has 5 nitrogen and oxygen atoms in total. The predicted octanol–water partition coefficient (Wildman–Crippen LogP) is 4.42. The highest BCUT2D eigenvalue weighted by Gasteiger charge is 2.26. The first-order valence-electron chi connectivity index (χ1n) is 9.94. The Morgan fingerprint density at radius 1 is 0.968 bits per heavy atom. The van der Waals surface area contributed by atoms with Crippen molar-refractivity contribution in [1.29, 1.82) is 0 Å². The van der Waals surface area contributed by atoms with Crippen molar-refractivity contribution in [2.45, 2.75) is 18.3 Å². The van der Waals surface area contributed by atoms with E-state index in [1.54, 1.807) is 36.0 Å². The van der Waals surface area contributed by atoms with Gasteiger partial charge in [0, 0.05) is 23.6 Å². The van der Waals surface area contributed by atoms with E-state index in [1.165, 1.54) is 12.1 Å². The smallest absolute Gasteiger partial charge is 0.251 e. The second-order valence-electron chi connectivity index (χ2n) is 7.26. The van der Waals surface area contributed by atoms with E-state index < -0.39 is 0 Å². The number of carbonyl (C=O) groups is 2. The maximum atomic E-state index is 13.0. The molecular weight excluding hydrogens is 413 g/mol. The van der Waals surface area contributed by atoms with Gasteiger partial charge < -0.3 is 16.0 Å². The number of fused-ring (bicyclic) bond motifs is 1. The first-order valence-corrected chi connectivity index (χ1v) is 11.1. The van der Waals surface area contributed by atoms with Gasteiger partial charge in [-0.3, -0.25) is 9.59 Å². The molecule has 0 spiro atoms. The van der Waals surface area contributed by atoms with Crippen molar-refractivity contribution >= 4 is 35.0 Å². The van der Waals surface area contributed by atoms with Crippen molar-refractivity contribution in [1.82, 2.24) is 5.32 Å². The largest absolute Gasteiger partial charge is 0.371 e. The number of thioether (sulfide) groups is 1. The number of halogens is 1. The molecule has 2 amide bonds. The van der Waals surface area contributed by atoms with Crippen molar-refractivity contribution in [3.8, 4) is 0 Å². The Kier molecular flexibility index (Phi) is 6.52. The van der Waals surface area contributed by atoms with Crippen LogP contribution in [0.2, 0.25) is 0 Å². The van der Waals surface area contributed by atoms with Crippen LogP contribution in [0, 0.1) is 5.82 Å². The van der Waals surface area contributed by atoms with Crippen LogP contribution in [0.1, 0.15) is 21.5 Å². The molecule has 0 fully saturated rings. The summed E-state index contributed by atoms with van der Waals surface area (Å²) in [7, 11) is 0. The van der Waals surface area contributed by atoms with E-state index in [9.17, 15) is 14.0 Å². The monoisotopic (exact) mass is 435 g/mol. The van der Waals surface area contributed by atoms with E-state index in [2.05, 4.69) is 16.0 Å². The lowest BCUT2D eigenvalue weighted by atomic mass is 10.1. The quantitative estimate of drug-likeness (QED) is 0.514. The average molecular weight is 436 g/mol. The number of hydrogen-bond acceptors (Lipinski definition) is 4. The number of benzene rings is 3. The van der Waals surface area contributed by atoms with Gasteiger partial charge in [0.2, 0.25) is 5.91 Å². The van der Waals surface area contributed by atoms with Crippen LogP contribution in [-0.2, 0) is 17.1 Å². The van der Waals surface area contributed by atoms with Crippen LogP contribution in [0.5, 0.6) is 0 Å². The Bertz CT molecular complexity index is 1070. The maximum absolute atomic E-state index is 13.0. The second kappa shape index (κ2) is 9.66. The van der Waals surface area contributed by atoms with Crippen molar-refractivity contribution in [2.24, 2.45) is 0 Å². The zero-order valence-corrected chi connectivity index (χ0v) is 17.5. The normalized spacial score (nSPS) is 14.9. The third kappa shape index (κ3) is 5.44. The van der Waals surface area contributed by atoms with Crippen LogP contribution in [0.3, 0.4) is 0 Å². The lowest BCUT2D eigenvalue weighted by molar-refractivity contribution is -0.116. The van der Waals surface area contributed by atoms with Crippen LogP contribution in [0.15, 0.2) is 72.8 Å². The molecule has 3 aromatic carbocycles. The minimum atomic E-state index is -0.379. The number of nitrogens with one attached hydrogen (secondary N) is 3. The molecule has 0 saturated heterocycles. The molecule has 31 heavy (non-hydrogen) atoms. The number of anilines is 2. The van der Waals surface area contributed by atoms with Gasteiger partial charge in [-0.15, -0.1) is 0 Å². The summed E-state index contributed by atoms with van der Waals surface area (Å²) < 4.78 is 13.0. The Morgan fingerprint density at radius 3 is 2.52 bits per heavy atom. The summed E-state index contributed by atoms with van der Waals surface area (Å²) in [6.45, 7) is 0.439. The highest BCUT2D eigenvalue weighted by molar-refractivity contribution is 7.98. The Morgan fingerprint density at radius 2 is 1.74 bits per heavy atom. The van der Waals surface area contributed by atoms with Crippen LogP contribution < -0.4 is 16.0 Å². The molecule has 1 unspecified atom stereocenters. The molecule has 0 bridgehead atoms. The molecule has 7 heteroatoms. The second-order valence-corrected chi connectivity index (χ2v) is 8.29. The zero-order valence-electron chi connectivity index (χ0n) is 16.7. The van der Waals surface area contributed by atoms with Crippen molar-refractivity contribution in [3.05, 3.63) is 95.3 Å². The number of rotatable bonds is 7. The van der Waals surface area contributed by atoms with Gasteiger partial charge in [0.1, 0.15) is 11.9 Å². The highest BCUT2D eigenvalue weighted by atomic mass is 32.2. The van der Waals surface area contributed by atoms with E-state index in [1.807, 2.05) is 36.4 Å². The third-order valence-electron chi connectivity index (χ3n) is 4.95. The number of amides is 2. The summed E-state index contributed by atoms with van der Waals surface area (Å²) in [5.74, 6) is 0.673. The van der Waals surface area contributed by atoms with E-state index in [0.29, 0.717) is 29.3 Å². The summed E-state index contributed by atoms with van der Waals surface area (Å²) >= 11 is 1.60. The van der Waals surface area contributed by atoms with Gasteiger partial charge in [0.05, 0.1) is 11.4 Å². The van der Waals surface area contributed by atoms with Gasteiger partial charge in [-0.05, 0) is 41.5 Å². The van der Waals surface area contributed by atoms with E-state index in [4.69, 9.17) is 0 Å². The highest BCUT2D eigenvalue weighted by Crippen LogP contribution is 2.29. The van der Waals surface area contributed by atoms with Crippen LogP contribution in [-0.4, -0.2) is 23.6 Å². The average Bonchev–Trinajstić information content (AvgIpc) is 2.79. The van der Waals surface area contributed by atoms with E-state index in [0.717, 1.165) is 16.8 Å². The van der Waals surface area contributed by atoms with Crippen molar-refractivity contribution in [2.75, 3.05) is 16.4 Å². The SMILES string of the molecule is O=C(NCc1ccccc1)c1ccc2c(c1)NC(=O)C(CSCc1ccc(F)cc1)N2. The third-order valence-corrected chi connectivity index (χ3v) is 6.05. The molecule has 158 valence electrons. The first-order chi connectivity index (χ1) is 15.1. The molecule has 4 rings (SSSR count). The Balaban J connectivity index is 1.33. The van der Waals surface area contributed by atoms with Crippen LogP contribution >= 0.6 is 11.8 Å². The fraction of sp³-hybridized carbons (Fsp3) is 0.167. The Hall–Kier alpha value is -3.32. The summed E-state index contributed by atoms with van der Waals surface area (Å²) in [5.41, 5.74) is 3.89. The summed E-state index contributed by atoms with van der Waals surface area (Å²) in [6.07, 6.45) is 0. The summed E-state index contributed by atoms with van der Waals surface area (Å²) in [4.78, 5) is 25.0. The molecule has 0 aliphatic carbocycles. The van der Waals surface area contributed by atoms with Crippen LogP contribution in [0.25, 0.3) is 0 Å². The van der Waals surface area contributed by atoms with Gasteiger partial charge in [0.15, 0.2) is 0 Å². The molecule has 0 aromatic heterocycles. The molecule has 3 aromatic rings.